The van der Waals surface area contributed by atoms with Crippen LogP contribution in [0, 0.1) is 0 Å². The van der Waals surface area contributed by atoms with Crippen LogP contribution in [0.4, 0.5) is 13.2 Å². The maximum Gasteiger partial charge on any atom is 0.401 e. The molecule has 0 rings (SSSR count). The van der Waals surface area contributed by atoms with Gasteiger partial charge in [0.1, 0.15) is 5.76 Å². The minimum absolute atomic E-state index is 0.0351. The lowest BCUT2D eigenvalue weighted by Crippen LogP contribution is -2.30. The van der Waals surface area contributed by atoms with Gasteiger partial charge in [0.15, 0.2) is 0 Å². The predicted octanol–water partition coefficient (Wildman–Crippen LogP) is 1.69. The molecule has 0 saturated carbocycles. The van der Waals surface area contributed by atoms with Crippen LogP contribution in [0.1, 0.15) is 6.92 Å². The van der Waals surface area contributed by atoms with Gasteiger partial charge in [0.2, 0.25) is 0 Å². The second kappa shape index (κ2) is 5.03. The van der Waals surface area contributed by atoms with Gasteiger partial charge in [-0.25, -0.2) is 0 Å². The Balaban J connectivity index is 3.37. The van der Waals surface area contributed by atoms with E-state index in [1.165, 1.54) is 0 Å². The van der Waals surface area contributed by atoms with Crippen LogP contribution >= 0.6 is 0 Å². The highest BCUT2D eigenvalue weighted by atomic mass is 19.4. The summed E-state index contributed by atoms with van der Waals surface area (Å²) < 4.78 is 39.5. The molecule has 0 aromatic heterocycles. The molecule has 0 bridgehead atoms. The molecule has 12 heavy (non-hydrogen) atoms. The number of hydrogen-bond donors (Lipinski definition) is 1. The van der Waals surface area contributed by atoms with E-state index in [1.807, 2.05) is 0 Å². The Hall–Kier alpha value is -0.710. The largest absolute Gasteiger partial charge is 0.497 e. The number of nitrogens with one attached hydrogen (secondary N) is 1. The Morgan fingerprint density at radius 1 is 1.50 bits per heavy atom. The Morgan fingerprint density at radius 3 is 2.50 bits per heavy atom. The van der Waals surface area contributed by atoms with E-state index in [0.29, 0.717) is 12.4 Å². The lowest BCUT2D eigenvalue weighted by molar-refractivity contribution is -0.124. The molecular formula is C7H12F3NO. The first kappa shape index (κ1) is 11.3. The monoisotopic (exact) mass is 183 g/mol. The van der Waals surface area contributed by atoms with Crippen LogP contribution in [0.25, 0.3) is 0 Å². The summed E-state index contributed by atoms with van der Waals surface area (Å²) >= 11 is 0. The summed E-state index contributed by atoms with van der Waals surface area (Å²) in [4.78, 5) is 0. The van der Waals surface area contributed by atoms with Crippen LogP contribution in [-0.2, 0) is 4.74 Å². The third-order valence-corrected chi connectivity index (χ3v) is 0.996. The Morgan fingerprint density at radius 2 is 2.08 bits per heavy atom. The summed E-state index contributed by atoms with van der Waals surface area (Å²) in [7, 11) is 0. The summed E-state index contributed by atoms with van der Waals surface area (Å²) in [6.45, 7) is 4.60. The maximum atomic E-state index is 11.6. The van der Waals surface area contributed by atoms with Crippen molar-refractivity contribution in [2.24, 2.45) is 0 Å². The smallest absolute Gasteiger partial charge is 0.401 e. The van der Waals surface area contributed by atoms with Crippen LogP contribution in [0.3, 0.4) is 0 Å². The molecule has 0 unspecified atom stereocenters. The van der Waals surface area contributed by atoms with Crippen LogP contribution in [0.15, 0.2) is 12.3 Å². The summed E-state index contributed by atoms with van der Waals surface area (Å²) in [6.07, 6.45) is -4.17. The maximum absolute atomic E-state index is 11.6. The standard InChI is InChI=1S/C7H12F3NO/c1-3-12-6(2)4-11-5-7(8,9)10/h11H,2-5H2,1H3. The summed E-state index contributed by atoms with van der Waals surface area (Å²) in [5.74, 6) is 0.321. The van der Waals surface area contributed by atoms with Crippen molar-refractivity contribution < 1.29 is 17.9 Å². The fraction of sp³-hybridized carbons (Fsp3) is 0.714. The van der Waals surface area contributed by atoms with Gasteiger partial charge in [-0.1, -0.05) is 6.58 Å². The summed E-state index contributed by atoms with van der Waals surface area (Å²) in [6, 6.07) is 0. The van der Waals surface area contributed by atoms with E-state index >= 15 is 0 Å². The van der Waals surface area contributed by atoms with E-state index in [2.05, 4.69) is 11.9 Å². The lowest BCUT2D eigenvalue weighted by Gasteiger charge is -2.09. The minimum Gasteiger partial charge on any atom is -0.497 e. The van der Waals surface area contributed by atoms with Gasteiger partial charge in [-0.15, -0.1) is 0 Å². The molecule has 5 heteroatoms. The average Bonchev–Trinajstić information content (AvgIpc) is 1.84. The molecule has 1 N–H and O–H groups in total. The van der Waals surface area contributed by atoms with Crippen molar-refractivity contribution in [1.29, 1.82) is 0 Å². The van der Waals surface area contributed by atoms with Gasteiger partial charge < -0.3 is 10.1 Å². The van der Waals surface area contributed by atoms with Gasteiger partial charge in [-0.05, 0) is 6.92 Å². The van der Waals surface area contributed by atoms with Gasteiger partial charge in [0.25, 0.3) is 0 Å². The zero-order valence-electron chi connectivity index (χ0n) is 6.87. The molecule has 0 amide bonds. The Labute approximate surface area is 69.4 Å². The first-order valence-electron chi connectivity index (χ1n) is 3.53. The zero-order valence-corrected chi connectivity index (χ0v) is 6.87. The van der Waals surface area contributed by atoms with Crippen LogP contribution in [-0.4, -0.2) is 25.9 Å². The number of hydrogen-bond acceptors (Lipinski definition) is 2. The number of rotatable bonds is 5. The normalized spacial score (nSPS) is 11.3. The molecule has 2 nitrogen and oxygen atoms in total. The molecule has 0 aromatic rings. The van der Waals surface area contributed by atoms with Gasteiger partial charge in [0, 0.05) is 0 Å². The van der Waals surface area contributed by atoms with Crippen LogP contribution in [0.2, 0.25) is 0 Å². The molecule has 0 aliphatic heterocycles. The van der Waals surface area contributed by atoms with E-state index in [-0.39, 0.29) is 6.54 Å². The van der Waals surface area contributed by atoms with Crippen molar-refractivity contribution in [2.75, 3.05) is 19.7 Å². The van der Waals surface area contributed by atoms with Crippen molar-refractivity contribution in [2.45, 2.75) is 13.1 Å². The molecule has 0 spiro atoms. The third-order valence-electron chi connectivity index (χ3n) is 0.996. The van der Waals surface area contributed by atoms with E-state index in [1.54, 1.807) is 6.92 Å². The number of halogens is 3. The fourth-order valence-corrected chi connectivity index (χ4v) is 0.599. The van der Waals surface area contributed by atoms with Crippen molar-refractivity contribution in [3.05, 3.63) is 12.3 Å². The quantitative estimate of drug-likeness (QED) is 0.655. The van der Waals surface area contributed by atoms with Gasteiger partial charge >= 0.3 is 6.18 Å². The van der Waals surface area contributed by atoms with E-state index in [4.69, 9.17) is 4.74 Å². The number of alkyl halides is 3. The third kappa shape index (κ3) is 7.40. The minimum atomic E-state index is -4.17. The van der Waals surface area contributed by atoms with Crippen molar-refractivity contribution >= 4 is 0 Å². The lowest BCUT2D eigenvalue weighted by atomic mass is 10.5. The number of ether oxygens (including phenoxy) is 1. The molecule has 72 valence electrons. The molecular weight excluding hydrogens is 171 g/mol. The Bertz CT molecular complexity index is 144. The molecule has 0 heterocycles. The molecule has 0 saturated heterocycles. The molecule has 0 radical (unpaired) electrons. The van der Waals surface area contributed by atoms with Crippen molar-refractivity contribution in [3.8, 4) is 0 Å². The van der Waals surface area contributed by atoms with E-state index in [9.17, 15) is 13.2 Å². The highest BCUT2D eigenvalue weighted by molar-refractivity contribution is 4.85. The Kier molecular flexibility index (Phi) is 4.73. The molecule has 0 aliphatic rings. The second-order valence-corrected chi connectivity index (χ2v) is 2.19. The molecule has 0 aromatic carbocycles. The molecule has 0 atom stereocenters. The van der Waals surface area contributed by atoms with E-state index < -0.39 is 12.7 Å². The van der Waals surface area contributed by atoms with E-state index in [0.717, 1.165) is 0 Å². The van der Waals surface area contributed by atoms with Gasteiger partial charge in [0.05, 0.1) is 19.7 Å². The van der Waals surface area contributed by atoms with Crippen LogP contribution in [0.5, 0.6) is 0 Å². The predicted molar refractivity (Wildman–Crippen MR) is 39.7 cm³/mol. The average molecular weight is 183 g/mol. The second-order valence-electron chi connectivity index (χ2n) is 2.19. The molecule has 0 fully saturated rings. The SMILES string of the molecule is C=C(CNCC(F)(F)F)OCC. The summed E-state index contributed by atoms with van der Waals surface area (Å²) in [5.41, 5.74) is 0. The summed E-state index contributed by atoms with van der Waals surface area (Å²) in [5, 5.41) is 2.16. The first-order valence-corrected chi connectivity index (χ1v) is 3.53. The highest BCUT2D eigenvalue weighted by Gasteiger charge is 2.26. The fourth-order valence-electron chi connectivity index (χ4n) is 0.599. The van der Waals surface area contributed by atoms with Crippen molar-refractivity contribution in [1.82, 2.24) is 5.32 Å². The highest BCUT2D eigenvalue weighted by Crippen LogP contribution is 2.12. The zero-order chi connectivity index (χ0) is 9.61. The topological polar surface area (TPSA) is 21.3 Å². The first-order chi connectivity index (χ1) is 5.45. The van der Waals surface area contributed by atoms with Gasteiger partial charge in [-0.3, -0.25) is 0 Å². The van der Waals surface area contributed by atoms with Gasteiger partial charge in [-0.2, -0.15) is 13.2 Å². The molecule has 0 aliphatic carbocycles. The van der Waals surface area contributed by atoms with Crippen molar-refractivity contribution in [3.63, 3.8) is 0 Å². The van der Waals surface area contributed by atoms with Crippen LogP contribution < -0.4 is 5.32 Å².